The van der Waals surface area contributed by atoms with Crippen molar-refractivity contribution in [3.8, 4) is 11.8 Å². The van der Waals surface area contributed by atoms with Gasteiger partial charge in [0.1, 0.15) is 5.75 Å². The minimum atomic E-state index is -0.464. The monoisotopic (exact) mass is 277 g/mol. The summed E-state index contributed by atoms with van der Waals surface area (Å²) in [6, 6.07) is 6.79. The first kappa shape index (κ1) is 13.7. The number of para-hydroxylation sites is 2. The lowest BCUT2D eigenvalue weighted by Gasteiger charge is -2.09. The second-order valence-electron chi connectivity index (χ2n) is 3.68. The van der Waals surface area contributed by atoms with Crippen molar-refractivity contribution in [3.05, 3.63) is 24.3 Å². The van der Waals surface area contributed by atoms with E-state index < -0.39 is 6.03 Å². The highest BCUT2D eigenvalue weighted by atomic mass is 16.5. The molecule has 0 radical (unpaired) electrons. The molecule has 0 aliphatic rings. The van der Waals surface area contributed by atoms with Gasteiger partial charge in [0.2, 0.25) is 5.95 Å². The Hall–Kier alpha value is -2.77. The van der Waals surface area contributed by atoms with E-state index in [-0.39, 0.29) is 12.0 Å². The van der Waals surface area contributed by atoms with Crippen LogP contribution < -0.4 is 20.1 Å². The third-order valence-corrected chi connectivity index (χ3v) is 2.33. The van der Waals surface area contributed by atoms with E-state index in [0.717, 1.165) is 0 Å². The Bertz CT molecular complexity index is 584. The van der Waals surface area contributed by atoms with Crippen LogP contribution in [0.25, 0.3) is 0 Å². The maximum absolute atomic E-state index is 11.8. The van der Waals surface area contributed by atoms with E-state index in [2.05, 4.69) is 25.8 Å². The van der Waals surface area contributed by atoms with Gasteiger partial charge in [-0.3, -0.25) is 5.32 Å². The van der Waals surface area contributed by atoms with Crippen molar-refractivity contribution in [1.29, 1.82) is 0 Å². The number of urea groups is 1. The lowest BCUT2D eigenvalue weighted by atomic mass is 10.3. The maximum atomic E-state index is 11.8. The predicted octanol–water partition coefficient (Wildman–Crippen LogP) is 1.86. The van der Waals surface area contributed by atoms with Crippen molar-refractivity contribution in [2.45, 2.75) is 6.92 Å². The highest BCUT2D eigenvalue weighted by Gasteiger charge is 2.09. The number of amides is 2. The number of methoxy groups -OCH3 is 1. The molecule has 0 bridgehead atoms. The normalized spacial score (nSPS) is 9.90. The number of aromatic amines is 1. The highest BCUT2D eigenvalue weighted by Crippen LogP contribution is 2.23. The number of nitrogens with zero attached hydrogens (tertiary/aromatic N) is 2. The Labute approximate surface area is 115 Å². The lowest BCUT2D eigenvalue weighted by molar-refractivity contribution is 0.262. The number of benzene rings is 1. The quantitative estimate of drug-likeness (QED) is 0.774. The standard InChI is InChI=1S/C12H15N5O3/c1-3-20-12-15-10(16-17-12)14-11(18)13-8-6-4-5-7-9(8)19-2/h4-7H,3H2,1-2H3,(H3,13,14,15,16,17,18). The van der Waals surface area contributed by atoms with Crippen LogP contribution in [0.2, 0.25) is 0 Å². The predicted molar refractivity (Wildman–Crippen MR) is 73.2 cm³/mol. The maximum Gasteiger partial charge on any atom is 0.337 e. The molecule has 8 heteroatoms. The number of hydrogen-bond donors (Lipinski definition) is 3. The number of carbonyl (C=O) groups excluding carboxylic acids is 1. The molecule has 2 aromatic rings. The Morgan fingerprint density at radius 2 is 2.15 bits per heavy atom. The average molecular weight is 277 g/mol. The van der Waals surface area contributed by atoms with Gasteiger partial charge in [-0.25, -0.2) is 9.89 Å². The number of ether oxygens (including phenoxy) is 2. The molecule has 1 heterocycles. The van der Waals surface area contributed by atoms with Crippen molar-refractivity contribution < 1.29 is 14.3 Å². The van der Waals surface area contributed by atoms with Crippen LogP contribution >= 0.6 is 0 Å². The molecular weight excluding hydrogens is 262 g/mol. The first-order valence-electron chi connectivity index (χ1n) is 5.99. The fourth-order valence-corrected chi connectivity index (χ4v) is 1.50. The minimum absolute atomic E-state index is 0.181. The molecule has 3 N–H and O–H groups in total. The first-order chi connectivity index (χ1) is 9.72. The van der Waals surface area contributed by atoms with Crippen molar-refractivity contribution in [2.24, 2.45) is 0 Å². The van der Waals surface area contributed by atoms with Gasteiger partial charge in [0.15, 0.2) is 0 Å². The Balaban J connectivity index is 1.97. The summed E-state index contributed by atoms with van der Waals surface area (Å²) in [6.45, 7) is 2.27. The molecule has 8 nitrogen and oxygen atoms in total. The Morgan fingerprint density at radius 3 is 2.90 bits per heavy atom. The van der Waals surface area contributed by atoms with Gasteiger partial charge in [0.25, 0.3) is 0 Å². The van der Waals surface area contributed by atoms with E-state index in [0.29, 0.717) is 18.0 Å². The second-order valence-corrected chi connectivity index (χ2v) is 3.68. The SMILES string of the molecule is CCOc1n[nH]c(NC(=O)Nc2ccccc2OC)n1. The lowest BCUT2D eigenvalue weighted by Crippen LogP contribution is -2.20. The summed E-state index contributed by atoms with van der Waals surface area (Å²) >= 11 is 0. The van der Waals surface area contributed by atoms with Crippen molar-refractivity contribution in [1.82, 2.24) is 15.2 Å². The zero-order valence-electron chi connectivity index (χ0n) is 11.1. The van der Waals surface area contributed by atoms with E-state index in [1.54, 1.807) is 18.2 Å². The summed E-state index contributed by atoms with van der Waals surface area (Å²) in [5.41, 5.74) is 0.553. The first-order valence-corrected chi connectivity index (χ1v) is 5.99. The third-order valence-electron chi connectivity index (χ3n) is 2.33. The van der Waals surface area contributed by atoms with Gasteiger partial charge in [-0.2, -0.15) is 4.98 Å². The van der Waals surface area contributed by atoms with Crippen molar-refractivity contribution in [2.75, 3.05) is 24.4 Å². The molecule has 2 amide bonds. The van der Waals surface area contributed by atoms with Crippen LogP contribution in [0.5, 0.6) is 11.8 Å². The molecule has 0 fully saturated rings. The molecule has 2 rings (SSSR count). The van der Waals surface area contributed by atoms with Gasteiger partial charge >= 0.3 is 12.0 Å². The smallest absolute Gasteiger partial charge is 0.337 e. The number of anilines is 2. The molecule has 0 saturated carbocycles. The van der Waals surface area contributed by atoms with Crippen LogP contribution in [0.1, 0.15) is 6.92 Å². The molecule has 1 aromatic carbocycles. The van der Waals surface area contributed by atoms with Crippen LogP contribution in [0.15, 0.2) is 24.3 Å². The molecule has 0 aliphatic carbocycles. The van der Waals surface area contributed by atoms with Gasteiger partial charge in [-0.15, -0.1) is 5.10 Å². The molecule has 0 saturated heterocycles. The van der Waals surface area contributed by atoms with Gasteiger partial charge in [0.05, 0.1) is 19.4 Å². The summed E-state index contributed by atoms with van der Waals surface area (Å²) in [4.78, 5) is 15.7. The van der Waals surface area contributed by atoms with Crippen molar-refractivity contribution >= 4 is 17.7 Å². The Kier molecular flexibility index (Phi) is 4.38. The number of aromatic nitrogens is 3. The van der Waals surface area contributed by atoms with Crippen LogP contribution in [0.3, 0.4) is 0 Å². The fraction of sp³-hybridized carbons (Fsp3) is 0.250. The summed E-state index contributed by atoms with van der Waals surface area (Å²) in [6.07, 6.45) is 0. The second kappa shape index (κ2) is 6.41. The summed E-state index contributed by atoms with van der Waals surface area (Å²) in [5, 5.41) is 11.5. The molecule has 1 aromatic heterocycles. The molecule has 0 spiro atoms. The van der Waals surface area contributed by atoms with E-state index >= 15 is 0 Å². The number of nitrogens with one attached hydrogen (secondary N) is 3. The Morgan fingerprint density at radius 1 is 1.35 bits per heavy atom. The number of carbonyl (C=O) groups is 1. The number of H-pyrrole nitrogens is 1. The van der Waals surface area contributed by atoms with Crippen molar-refractivity contribution in [3.63, 3.8) is 0 Å². The zero-order chi connectivity index (χ0) is 14.4. The van der Waals surface area contributed by atoms with Crippen LogP contribution in [-0.2, 0) is 0 Å². The van der Waals surface area contributed by atoms with E-state index in [9.17, 15) is 4.79 Å². The summed E-state index contributed by atoms with van der Waals surface area (Å²) in [5.74, 6) is 0.760. The molecule has 20 heavy (non-hydrogen) atoms. The summed E-state index contributed by atoms with van der Waals surface area (Å²) in [7, 11) is 1.53. The van der Waals surface area contributed by atoms with E-state index in [4.69, 9.17) is 9.47 Å². The van der Waals surface area contributed by atoms with Gasteiger partial charge in [-0.1, -0.05) is 12.1 Å². The average Bonchev–Trinajstić information content (AvgIpc) is 2.87. The zero-order valence-corrected chi connectivity index (χ0v) is 11.1. The van der Waals surface area contributed by atoms with E-state index in [1.807, 2.05) is 13.0 Å². The molecular formula is C12H15N5O3. The number of hydrogen-bond acceptors (Lipinski definition) is 5. The van der Waals surface area contributed by atoms with Crippen LogP contribution in [0.4, 0.5) is 16.4 Å². The van der Waals surface area contributed by atoms with E-state index in [1.165, 1.54) is 7.11 Å². The van der Waals surface area contributed by atoms with Gasteiger partial charge in [0, 0.05) is 0 Å². The van der Waals surface area contributed by atoms with Crippen LogP contribution in [-0.4, -0.2) is 34.9 Å². The molecule has 106 valence electrons. The van der Waals surface area contributed by atoms with Crippen LogP contribution in [0, 0.1) is 0 Å². The third kappa shape index (κ3) is 3.37. The minimum Gasteiger partial charge on any atom is -0.495 e. The molecule has 0 aliphatic heterocycles. The molecule has 0 unspecified atom stereocenters. The fourth-order valence-electron chi connectivity index (χ4n) is 1.50. The number of rotatable bonds is 5. The van der Waals surface area contributed by atoms with Gasteiger partial charge in [-0.05, 0) is 19.1 Å². The topological polar surface area (TPSA) is 101 Å². The summed E-state index contributed by atoms with van der Waals surface area (Å²) < 4.78 is 10.2. The van der Waals surface area contributed by atoms with Gasteiger partial charge < -0.3 is 14.8 Å². The largest absolute Gasteiger partial charge is 0.495 e. The highest BCUT2D eigenvalue weighted by molar-refractivity contribution is 5.99. The molecule has 0 atom stereocenters.